The smallest absolute Gasteiger partial charge is 0.278 e. The van der Waals surface area contributed by atoms with Crippen LogP contribution in [0.2, 0.25) is 0 Å². The molecule has 6 nitrogen and oxygen atoms in total. The topological polar surface area (TPSA) is 69.1 Å². The van der Waals surface area contributed by atoms with Crippen LogP contribution < -0.4 is 0 Å². The van der Waals surface area contributed by atoms with Crippen LogP contribution in [0, 0.1) is 6.92 Å². The van der Waals surface area contributed by atoms with E-state index in [2.05, 4.69) is 56.9 Å². The Labute approximate surface area is 162 Å². The van der Waals surface area contributed by atoms with Gasteiger partial charge in [-0.1, -0.05) is 54.0 Å². The Balaban J connectivity index is 1.71. The maximum absolute atomic E-state index is 5.44. The van der Waals surface area contributed by atoms with Gasteiger partial charge in [-0.25, -0.2) is 4.98 Å². The number of benzene rings is 2. The molecule has 1 aliphatic rings. The quantitative estimate of drug-likeness (QED) is 0.544. The number of aliphatic imine (C=N–C) groups is 1. The molecule has 2 aromatic carbocycles. The predicted octanol–water partition coefficient (Wildman–Crippen LogP) is 4.14. The van der Waals surface area contributed by atoms with Gasteiger partial charge in [0.2, 0.25) is 0 Å². The van der Waals surface area contributed by atoms with Crippen LogP contribution in [0.15, 0.2) is 64.4 Å². The van der Waals surface area contributed by atoms with Crippen LogP contribution in [0.3, 0.4) is 0 Å². The van der Waals surface area contributed by atoms with E-state index in [1.165, 1.54) is 5.56 Å². The van der Waals surface area contributed by atoms with Gasteiger partial charge in [0.15, 0.2) is 11.5 Å². The third-order valence-electron chi connectivity index (χ3n) is 4.95. The van der Waals surface area contributed by atoms with Gasteiger partial charge in [0.1, 0.15) is 6.33 Å². The average molecular weight is 369 g/mol. The minimum absolute atomic E-state index is 0.442. The van der Waals surface area contributed by atoms with Crippen molar-refractivity contribution in [3.05, 3.63) is 83.1 Å². The number of hydrogen-bond acceptors (Lipinski definition) is 5. The van der Waals surface area contributed by atoms with Gasteiger partial charge in [-0.05, 0) is 19.1 Å². The van der Waals surface area contributed by atoms with E-state index >= 15 is 0 Å². The lowest BCUT2D eigenvalue weighted by Gasteiger charge is -2.12. The molecule has 3 heterocycles. The second-order valence-corrected chi connectivity index (χ2v) is 6.83. The van der Waals surface area contributed by atoms with Gasteiger partial charge < -0.3 is 4.52 Å². The highest BCUT2D eigenvalue weighted by molar-refractivity contribution is 6.15. The molecule has 0 fully saturated rings. The molecule has 0 radical (unpaired) electrons. The summed E-state index contributed by atoms with van der Waals surface area (Å²) in [5.74, 6) is 1.12. The summed E-state index contributed by atoms with van der Waals surface area (Å²) in [5, 5.41) is 4.01. The van der Waals surface area contributed by atoms with Gasteiger partial charge in [-0.15, -0.1) is 0 Å². The van der Waals surface area contributed by atoms with Crippen LogP contribution in [0.25, 0.3) is 17.3 Å². The minimum atomic E-state index is 0.442. The zero-order valence-corrected chi connectivity index (χ0v) is 15.8. The van der Waals surface area contributed by atoms with E-state index in [0.717, 1.165) is 34.6 Å². The highest BCUT2D eigenvalue weighted by atomic mass is 16.5. The van der Waals surface area contributed by atoms with Crippen molar-refractivity contribution in [2.75, 3.05) is 0 Å². The normalized spacial score (nSPS) is 12.9. The molecule has 0 amide bonds. The van der Waals surface area contributed by atoms with Crippen molar-refractivity contribution in [1.82, 2.24) is 19.7 Å². The SMILES string of the molecule is CCc1noc(-c2ncn3c2CN=C(c2ccccc2)c2cc(C)ccc2-3)n1. The molecule has 5 rings (SSSR count). The highest BCUT2D eigenvalue weighted by Gasteiger charge is 2.24. The van der Waals surface area contributed by atoms with Crippen molar-refractivity contribution >= 4 is 5.71 Å². The van der Waals surface area contributed by atoms with E-state index < -0.39 is 0 Å². The van der Waals surface area contributed by atoms with E-state index in [0.29, 0.717) is 24.0 Å². The fourth-order valence-electron chi connectivity index (χ4n) is 3.54. The van der Waals surface area contributed by atoms with Gasteiger partial charge in [0, 0.05) is 17.5 Å². The lowest BCUT2D eigenvalue weighted by Crippen LogP contribution is -2.07. The lowest BCUT2D eigenvalue weighted by atomic mass is 9.99. The zero-order chi connectivity index (χ0) is 19.1. The average Bonchev–Trinajstić information content (AvgIpc) is 3.33. The Morgan fingerprint density at radius 2 is 1.96 bits per heavy atom. The van der Waals surface area contributed by atoms with Crippen molar-refractivity contribution in [3.8, 4) is 17.3 Å². The Bertz CT molecular complexity index is 1190. The van der Waals surface area contributed by atoms with Crippen molar-refractivity contribution < 1.29 is 4.52 Å². The number of nitrogens with zero attached hydrogens (tertiary/aromatic N) is 5. The molecule has 6 heteroatoms. The highest BCUT2D eigenvalue weighted by Crippen LogP contribution is 2.30. The van der Waals surface area contributed by atoms with Gasteiger partial charge >= 0.3 is 0 Å². The molecule has 0 spiro atoms. The van der Waals surface area contributed by atoms with Gasteiger partial charge in [0.05, 0.1) is 23.6 Å². The van der Waals surface area contributed by atoms with E-state index in [1.54, 1.807) is 0 Å². The molecule has 0 saturated carbocycles. The molecule has 0 bridgehead atoms. The van der Waals surface area contributed by atoms with Crippen LogP contribution in [0.5, 0.6) is 0 Å². The summed E-state index contributed by atoms with van der Waals surface area (Å²) in [6.07, 6.45) is 2.54. The number of fused-ring (bicyclic) bond motifs is 3. The maximum atomic E-state index is 5.44. The van der Waals surface area contributed by atoms with Crippen LogP contribution in [-0.4, -0.2) is 25.4 Å². The standard InChI is InChI=1S/C22H19N5O/c1-3-19-25-22(28-26-19)21-18-12-23-20(15-7-5-4-6-8-15)16-11-14(2)9-10-17(16)27(18)13-24-21/h4-11,13H,3,12H2,1-2H3. The first-order valence-electron chi connectivity index (χ1n) is 9.35. The molecule has 28 heavy (non-hydrogen) atoms. The van der Waals surface area contributed by atoms with Crippen LogP contribution in [0.4, 0.5) is 0 Å². The summed E-state index contributed by atoms with van der Waals surface area (Å²) in [6, 6.07) is 16.7. The number of hydrogen-bond donors (Lipinski definition) is 0. The first-order chi connectivity index (χ1) is 13.7. The Morgan fingerprint density at radius 1 is 1.11 bits per heavy atom. The molecule has 2 aromatic heterocycles. The summed E-state index contributed by atoms with van der Waals surface area (Å²) in [7, 11) is 0. The molecule has 0 atom stereocenters. The lowest BCUT2D eigenvalue weighted by molar-refractivity contribution is 0.422. The molecule has 1 aliphatic heterocycles. The maximum Gasteiger partial charge on any atom is 0.278 e. The summed E-state index contributed by atoms with van der Waals surface area (Å²) < 4.78 is 7.52. The first kappa shape index (κ1) is 16.6. The third kappa shape index (κ3) is 2.65. The fourth-order valence-corrected chi connectivity index (χ4v) is 3.54. The van der Waals surface area contributed by atoms with Gasteiger partial charge in [-0.2, -0.15) is 4.98 Å². The molecular weight excluding hydrogens is 350 g/mol. The fraction of sp³-hybridized carbons (Fsp3) is 0.182. The molecular formula is C22H19N5O. The summed E-state index contributed by atoms with van der Waals surface area (Å²) >= 11 is 0. The van der Waals surface area contributed by atoms with Crippen LogP contribution in [-0.2, 0) is 13.0 Å². The van der Waals surface area contributed by atoms with Crippen molar-refractivity contribution in [2.45, 2.75) is 26.8 Å². The van der Waals surface area contributed by atoms with E-state index in [1.807, 2.05) is 31.5 Å². The van der Waals surface area contributed by atoms with Crippen molar-refractivity contribution in [1.29, 1.82) is 0 Å². The summed E-state index contributed by atoms with van der Waals surface area (Å²) in [4.78, 5) is 14.0. The number of imidazole rings is 1. The largest absolute Gasteiger partial charge is 0.332 e. The van der Waals surface area contributed by atoms with Crippen LogP contribution in [0.1, 0.15) is 35.1 Å². The molecule has 4 aromatic rings. The minimum Gasteiger partial charge on any atom is -0.332 e. The number of aryl methyl sites for hydroxylation is 2. The summed E-state index contributed by atoms with van der Waals surface area (Å²) in [5.41, 5.74) is 7.05. The molecule has 138 valence electrons. The second-order valence-electron chi connectivity index (χ2n) is 6.83. The molecule has 0 unspecified atom stereocenters. The Morgan fingerprint density at radius 3 is 2.75 bits per heavy atom. The molecule has 0 saturated heterocycles. The second kappa shape index (κ2) is 6.56. The predicted molar refractivity (Wildman–Crippen MR) is 107 cm³/mol. The van der Waals surface area contributed by atoms with Gasteiger partial charge in [0.25, 0.3) is 5.89 Å². The summed E-state index contributed by atoms with van der Waals surface area (Å²) in [6.45, 7) is 4.58. The van der Waals surface area contributed by atoms with Crippen molar-refractivity contribution in [3.63, 3.8) is 0 Å². The zero-order valence-electron chi connectivity index (χ0n) is 15.8. The van der Waals surface area contributed by atoms with E-state index in [4.69, 9.17) is 9.52 Å². The Hall–Kier alpha value is -3.54. The molecule has 0 N–H and O–H groups in total. The number of rotatable bonds is 3. The first-order valence-corrected chi connectivity index (χ1v) is 9.35. The van der Waals surface area contributed by atoms with Gasteiger partial charge in [-0.3, -0.25) is 9.56 Å². The number of aromatic nitrogens is 4. The van der Waals surface area contributed by atoms with E-state index in [9.17, 15) is 0 Å². The monoisotopic (exact) mass is 369 g/mol. The molecule has 0 aliphatic carbocycles. The van der Waals surface area contributed by atoms with Crippen LogP contribution >= 0.6 is 0 Å². The van der Waals surface area contributed by atoms with Crippen molar-refractivity contribution in [2.24, 2.45) is 4.99 Å². The third-order valence-corrected chi connectivity index (χ3v) is 4.95. The Kier molecular flexibility index (Phi) is 3.90. The van der Waals surface area contributed by atoms with E-state index in [-0.39, 0.29) is 0 Å².